The van der Waals surface area contributed by atoms with Crippen molar-refractivity contribution in [2.45, 2.75) is 5.54 Å². The first-order valence-electron chi connectivity index (χ1n) is 20.7. The summed E-state index contributed by atoms with van der Waals surface area (Å²) in [6.45, 7) is 0. The Labute approximate surface area is 373 Å². The molecule has 308 valence electrons. The van der Waals surface area contributed by atoms with Crippen molar-refractivity contribution in [3.05, 3.63) is 265 Å². The van der Waals surface area contributed by atoms with E-state index in [1.165, 1.54) is 24.3 Å². The Morgan fingerprint density at radius 2 is 0.797 bits per heavy atom. The molecule has 0 spiro atoms. The molecule has 4 nitrogen and oxygen atoms in total. The summed E-state index contributed by atoms with van der Waals surface area (Å²) in [5.74, 6) is 0.796. The number of ketones is 1. The molecular formula is C56H40F2N2O2Si2. The number of nitrogens with zero attached hydrogens (tertiary/aromatic N) is 1. The SMILES string of the molecule is N#CC(NC(=O)c1ccc(F)cc1)(C(=O)c1ccc(F)cc1)C(=CC#C[Si](c1ccccc1)(c1ccccc1)c1ccccc1)[Si](c1ccccc1)(c1ccccc1)c1ccccc1. The molecule has 8 aromatic rings. The van der Waals surface area contributed by atoms with E-state index in [2.05, 4.69) is 59.2 Å². The van der Waals surface area contributed by atoms with Gasteiger partial charge in [-0.15, -0.1) is 5.54 Å². The van der Waals surface area contributed by atoms with Crippen LogP contribution < -0.4 is 36.4 Å². The molecule has 0 bridgehead atoms. The van der Waals surface area contributed by atoms with Gasteiger partial charge in [-0.1, -0.05) is 188 Å². The van der Waals surface area contributed by atoms with Crippen LogP contribution in [0.2, 0.25) is 0 Å². The molecule has 1 amide bonds. The first-order chi connectivity index (χ1) is 31.3. The molecule has 0 fully saturated rings. The van der Waals surface area contributed by atoms with Gasteiger partial charge in [-0.05, 0) is 90.9 Å². The van der Waals surface area contributed by atoms with Crippen LogP contribution in [0.1, 0.15) is 20.7 Å². The Kier molecular flexibility index (Phi) is 12.6. The zero-order valence-corrected chi connectivity index (χ0v) is 36.5. The van der Waals surface area contributed by atoms with Crippen LogP contribution in [0.15, 0.2) is 242 Å². The molecular weight excluding hydrogens is 827 g/mol. The van der Waals surface area contributed by atoms with Gasteiger partial charge in [-0.3, -0.25) is 9.59 Å². The molecule has 8 rings (SSSR count). The predicted octanol–water partition coefficient (Wildman–Crippen LogP) is 7.19. The van der Waals surface area contributed by atoms with Gasteiger partial charge in [0.2, 0.25) is 19.4 Å². The third-order valence-electron chi connectivity index (χ3n) is 11.5. The van der Waals surface area contributed by atoms with Gasteiger partial charge >= 0.3 is 0 Å². The van der Waals surface area contributed by atoms with Crippen LogP contribution in [0.4, 0.5) is 8.78 Å². The van der Waals surface area contributed by atoms with Crippen molar-refractivity contribution in [2.24, 2.45) is 0 Å². The van der Waals surface area contributed by atoms with Gasteiger partial charge in [0, 0.05) is 11.1 Å². The number of hydrogen-bond acceptors (Lipinski definition) is 3. The van der Waals surface area contributed by atoms with Crippen molar-refractivity contribution < 1.29 is 18.4 Å². The molecule has 0 radical (unpaired) electrons. The molecule has 64 heavy (non-hydrogen) atoms. The number of nitrogens with one attached hydrogen (secondary N) is 1. The third kappa shape index (κ3) is 8.08. The average molecular weight is 867 g/mol. The molecule has 0 heterocycles. The highest BCUT2D eigenvalue weighted by Crippen LogP contribution is 2.32. The lowest BCUT2D eigenvalue weighted by atomic mass is 9.88. The Hall–Kier alpha value is -8.02. The maximum Gasteiger partial charge on any atom is 0.253 e. The minimum absolute atomic E-state index is 0.0140. The minimum atomic E-state index is -3.95. The first-order valence-corrected chi connectivity index (χ1v) is 24.7. The maximum absolute atomic E-state index is 15.8. The zero-order valence-electron chi connectivity index (χ0n) is 34.5. The highest BCUT2D eigenvalue weighted by molar-refractivity contribution is 7.17. The van der Waals surface area contributed by atoms with Gasteiger partial charge in [0.15, 0.2) is 8.07 Å². The number of hydrogen-bond donors (Lipinski definition) is 1. The van der Waals surface area contributed by atoms with E-state index in [1.807, 2.05) is 146 Å². The van der Waals surface area contributed by atoms with Gasteiger partial charge < -0.3 is 5.32 Å². The number of allylic oxidation sites excluding steroid dienone is 1. The molecule has 0 saturated carbocycles. The van der Waals surface area contributed by atoms with Crippen molar-refractivity contribution in [1.82, 2.24) is 5.32 Å². The fourth-order valence-corrected chi connectivity index (χ4v) is 17.5. The number of Topliss-reactive ketones (excluding diaryl/α,β-unsaturated/α-hetero) is 1. The lowest BCUT2D eigenvalue weighted by molar-refractivity contribution is 0.0840. The van der Waals surface area contributed by atoms with Crippen LogP contribution in [-0.2, 0) is 0 Å². The van der Waals surface area contributed by atoms with Crippen molar-refractivity contribution >= 4 is 59.0 Å². The molecule has 8 heteroatoms. The van der Waals surface area contributed by atoms with Crippen molar-refractivity contribution in [3.63, 3.8) is 0 Å². The van der Waals surface area contributed by atoms with E-state index >= 15 is 4.79 Å². The first kappa shape index (κ1) is 42.7. The number of rotatable bonds is 12. The third-order valence-corrected chi connectivity index (χ3v) is 20.6. The van der Waals surface area contributed by atoms with E-state index in [0.717, 1.165) is 55.4 Å². The number of carbonyl (C=O) groups excluding carboxylic acids is 2. The van der Waals surface area contributed by atoms with Crippen LogP contribution >= 0.6 is 0 Å². The molecule has 0 aliphatic carbocycles. The monoisotopic (exact) mass is 866 g/mol. The second-order valence-electron chi connectivity index (χ2n) is 15.2. The fourth-order valence-electron chi connectivity index (χ4n) is 8.57. The molecule has 1 N–H and O–H groups in total. The lowest BCUT2D eigenvalue weighted by Gasteiger charge is -2.42. The summed E-state index contributed by atoms with van der Waals surface area (Å²) in [6, 6.07) is 71.7. The summed E-state index contributed by atoms with van der Waals surface area (Å²) < 4.78 is 28.9. The van der Waals surface area contributed by atoms with Crippen LogP contribution in [0, 0.1) is 34.4 Å². The second-order valence-corrected chi connectivity index (χ2v) is 22.4. The zero-order chi connectivity index (χ0) is 44.4. The van der Waals surface area contributed by atoms with Gasteiger partial charge in [0.1, 0.15) is 17.7 Å². The molecule has 0 aromatic heterocycles. The van der Waals surface area contributed by atoms with Crippen LogP contribution in [0.25, 0.3) is 0 Å². The maximum atomic E-state index is 15.8. The number of benzene rings is 8. The summed E-state index contributed by atoms with van der Waals surface area (Å²) in [5.41, 5.74) is 1.35. The molecule has 1 unspecified atom stereocenters. The Morgan fingerprint density at radius 3 is 1.14 bits per heavy atom. The highest BCUT2D eigenvalue weighted by Gasteiger charge is 2.56. The number of halogens is 2. The predicted molar refractivity (Wildman–Crippen MR) is 257 cm³/mol. The molecule has 0 saturated heterocycles. The van der Waals surface area contributed by atoms with Gasteiger partial charge in [-0.2, -0.15) is 5.26 Å². The summed E-state index contributed by atoms with van der Waals surface area (Å²) in [4.78, 5) is 30.5. The molecule has 8 aromatic carbocycles. The van der Waals surface area contributed by atoms with Crippen molar-refractivity contribution in [2.75, 3.05) is 0 Å². The summed E-state index contributed by atoms with van der Waals surface area (Å²) in [5, 5.41) is 20.7. The van der Waals surface area contributed by atoms with Crippen molar-refractivity contribution in [3.8, 4) is 17.5 Å². The number of nitriles is 1. The number of carbonyl (C=O) groups is 2. The number of amides is 1. The van der Waals surface area contributed by atoms with E-state index in [4.69, 9.17) is 0 Å². The standard InChI is InChI=1S/C56H40F2N2O2Si2/c57-45-37-33-43(34-38-45)54(61)56(42-59,60-55(62)44-35-39-46(58)40-36-44)53(64(50-26-13-4-14-27-50,51-28-15-5-16-29-51)52-30-17-6-18-31-52)32-19-41-63(47-20-7-1-8-21-47,48-22-9-2-10-23-48)49-24-11-3-12-25-49/h1-18,20-40H,(H,60,62). The summed E-state index contributed by atoms with van der Waals surface area (Å²) in [6.07, 6.45) is 1.69. The van der Waals surface area contributed by atoms with Crippen LogP contribution in [0.5, 0.6) is 0 Å². The van der Waals surface area contributed by atoms with E-state index in [1.54, 1.807) is 6.08 Å². The minimum Gasteiger partial charge on any atom is -0.324 e. The smallest absolute Gasteiger partial charge is 0.253 e. The van der Waals surface area contributed by atoms with Crippen LogP contribution in [0.3, 0.4) is 0 Å². The molecule has 0 aliphatic rings. The lowest BCUT2D eigenvalue weighted by Crippen LogP contribution is -2.75. The van der Waals surface area contributed by atoms with E-state index in [-0.39, 0.29) is 16.3 Å². The van der Waals surface area contributed by atoms with E-state index in [0.29, 0.717) is 0 Å². The summed E-state index contributed by atoms with van der Waals surface area (Å²) in [7, 11) is -7.21. The van der Waals surface area contributed by atoms with Gasteiger partial charge in [-0.25, -0.2) is 8.78 Å². The molecule has 1 atom stereocenters. The van der Waals surface area contributed by atoms with Crippen molar-refractivity contribution in [1.29, 1.82) is 5.26 Å². The second kappa shape index (κ2) is 18.9. The fraction of sp³-hybridized carbons (Fsp3) is 0.0179. The van der Waals surface area contributed by atoms with E-state index in [9.17, 15) is 18.8 Å². The highest BCUT2D eigenvalue weighted by atomic mass is 28.3. The average Bonchev–Trinajstić information content (AvgIpc) is 3.36. The normalized spacial score (nSPS) is 12.4. The Bertz CT molecular complexity index is 2820. The largest absolute Gasteiger partial charge is 0.324 e. The molecule has 0 aliphatic heterocycles. The van der Waals surface area contributed by atoms with Crippen LogP contribution in [-0.4, -0.2) is 33.4 Å². The van der Waals surface area contributed by atoms with Gasteiger partial charge in [0.05, 0.1) is 0 Å². The summed E-state index contributed by atoms with van der Waals surface area (Å²) >= 11 is 0. The van der Waals surface area contributed by atoms with E-state index < -0.39 is 45.0 Å². The van der Waals surface area contributed by atoms with Gasteiger partial charge in [0.25, 0.3) is 5.91 Å². The topological polar surface area (TPSA) is 70.0 Å². The quantitative estimate of drug-likeness (QED) is 0.0613. The Morgan fingerprint density at radius 1 is 0.469 bits per heavy atom. The Balaban J connectivity index is 1.56.